The van der Waals surface area contributed by atoms with Gasteiger partial charge in [-0.2, -0.15) is 0 Å². The number of fused-ring (bicyclic) bond motifs is 1. The van der Waals surface area contributed by atoms with Gasteiger partial charge in [0.25, 0.3) is 5.56 Å². The first kappa shape index (κ1) is 19.5. The molecular weight excluding hydrogens is 362 g/mol. The maximum absolute atomic E-state index is 12.5. The maximum Gasteiger partial charge on any atom is 0.340 e. The van der Waals surface area contributed by atoms with Crippen LogP contribution in [0.5, 0.6) is 0 Å². The molecule has 0 spiro atoms. The molecule has 0 aliphatic carbocycles. The number of aliphatic hydroxyl groups is 1. The van der Waals surface area contributed by atoms with Crippen molar-refractivity contribution in [1.29, 1.82) is 0 Å². The number of nitrogens with zero attached hydrogens (tertiary/aromatic N) is 2. The van der Waals surface area contributed by atoms with Gasteiger partial charge in [0.2, 0.25) is 0 Å². The fourth-order valence-corrected chi connectivity index (χ4v) is 2.94. The van der Waals surface area contributed by atoms with Crippen LogP contribution in [0.3, 0.4) is 0 Å². The second-order valence-electron chi connectivity index (χ2n) is 6.71. The Morgan fingerprint density at radius 2 is 2.18 bits per heavy atom. The Bertz CT molecular complexity index is 1180. The zero-order valence-corrected chi connectivity index (χ0v) is 16.3. The van der Waals surface area contributed by atoms with Crippen molar-refractivity contribution in [3.63, 3.8) is 0 Å². The van der Waals surface area contributed by atoms with E-state index in [1.807, 2.05) is 0 Å². The van der Waals surface area contributed by atoms with Crippen molar-refractivity contribution in [2.45, 2.75) is 33.3 Å². The molecule has 0 saturated heterocycles. The summed E-state index contributed by atoms with van der Waals surface area (Å²) in [5.74, 6) is 5.28. The molecular formula is C20H21N3O5. The van der Waals surface area contributed by atoms with E-state index in [4.69, 9.17) is 9.26 Å². The van der Waals surface area contributed by atoms with E-state index in [1.54, 1.807) is 33.9 Å². The average molecular weight is 383 g/mol. The van der Waals surface area contributed by atoms with Crippen LogP contribution in [0.25, 0.3) is 10.9 Å². The number of rotatable bonds is 3. The summed E-state index contributed by atoms with van der Waals surface area (Å²) in [6.45, 7) is 6.82. The van der Waals surface area contributed by atoms with E-state index in [0.29, 0.717) is 22.3 Å². The number of ether oxygens (including phenoxy) is 1. The Morgan fingerprint density at radius 1 is 1.46 bits per heavy atom. The second-order valence-corrected chi connectivity index (χ2v) is 6.71. The molecule has 3 aromatic heterocycles. The first-order chi connectivity index (χ1) is 13.2. The molecule has 3 rings (SSSR count). The van der Waals surface area contributed by atoms with Gasteiger partial charge in [0.1, 0.15) is 5.52 Å². The molecule has 0 bridgehead atoms. The lowest BCUT2D eigenvalue weighted by Gasteiger charge is -2.11. The number of esters is 1. The fraction of sp³-hybridized carbons (Fsp3) is 0.350. The van der Waals surface area contributed by atoms with Crippen LogP contribution < -0.4 is 5.56 Å². The van der Waals surface area contributed by atoms with Crippen molar-refractivity contribution in [1.82, 2.24) is 14.7 Å². The topological polar surface area (TPSA) is 110 Å². The Kier molecular flexibility index (Phi) is 4.87. The number of carbonyl (C=O) groups excluding carboxylic acids is 1. The van der Waals surface area contributed by atoms with E-state index < -0.39 is 11.6 Å². The smallest absolute Gasteiger partial charge is 0.340 e. The average Bonchev–Trinajstić information content (AvgIpc) is 3.21. The van der Waals surface area contributed by atoms with E-state index in [9.17, 15) is 14.7 Å². The van der Waals surface area contributed by atoms with Crippen LogP contribution in [-0.4, -0.2) is 32.4 Å². The summed E-state index contributed by atoms with van der Waals surface area (Å²) in [6.07, 6.45) is 1.52. The number of pyridine rings is 1. The van der Waals surface area contributed by atoms with Crippen molar-refractivity contribution >= 4 is 16.9 Å². The Balaban J connectivity index is 2.23. The number of aryl methyl sites for hydroxylation is 3. The van der Waals surface area contributed by atoms with E-state index in [0.717, 1.165) is 0 Å². The Labute approximate surface area is 161 Å². The summed E-state index contributed by atoms with van der Waals surface area (Å²) in [6, 6.07) is 1.59. The van der Waals surface area contributed by atoms with Gasteiger partial charge in [-0.05, 0) is 27.7 Å². The van der Waals surface area contributed by atoms with Crippen LogP contribution in [0, 0.1) is 25.7 Å². The number of hydrogen-bond acceptors (Lipinski definition) is 6. The lowest BCUT2D eigenvalue weighted by atomic mass is 10.0. The zero-order chi connectivity index (χ0) is 20.6. The predicted molar refractivity (Wildman–Crippen MR) is 102 cm³/mol. The molecule has 0 radical (unpaired) electrons. The van der Waals surface area contributed by atoms with Gasteiger partial charge in [-0.15, -0.1) is 0 Å². The maximum atomic E-state index is 12.5. The van der Waals surface area contributed by atoms with E-state index in [1.165, 1.54) is 17.7 Å². The van der Waals surface area contributed by atoms with Crippen molar-refractivity contribution in [2.75, 3.05) is 6.61 Å². The van der Waals surface area contributed by atoms with E-state index in [-0.39, 0.29) is 29.0 Å². The molecule has 0 aliphatic heterocycles. The van der Waals surface area contributed by atoms with Crippen LogP contribution in [0.15, 0.2) is 21.6 Å². The van der Waals surface area contributed by atoms with E-state index in [2.05, 4.69) is 22.0 Å². The van der Waals surface area contributed by atoms with Gasteiger partial charge in [-0.25, -0.2) is 4.79 Å². The highest BCUT2D eigenvalue weighted by molar-refractivity contribution is 6.07. The highest BCUT2D eigenvalue weighted by atomic mass is 16.5. The highest BCUT2D eigenvalue weighted by Crippen LogP contribution is 2.25. The van der Waals surface area contributed by atoms with Gasteiger partial charge in [0.15, 0.2) is 11.4 Å². The first-order valence-corrected chi connectivity index (χ1v) is 8.74. The third-order valence-electron chi connectivity index (χ3n) is 4.34. The van der Waals surface area contributed by atoms with E-state index >= 15 is 0 Å². The molecule has 2 N–H and O–H groups in total. The molecule has 0 amide bonds. The molecule has 3 heterocycles. The molecule has 1 atom stereocenters. The minimum absolute atomic E-state index is 0.203. The number of H-pyrrole nitrogens is 1. The van der Waals surface area contributed by atoms with Crippen LogP contribution in [0.4, 0.5) is 0 Å². The summed E-state index contributed by atoms with van der Waals surface area (Å²) in [4.78, 5) is 27.9. The normalized spacial score (nSPS) is 13.1. The molecule has 3 aromatic rings. The van der Waals surface area contributed by atoms with Gasteiger partial charge in [0, 0.05) is 30.4 Å². The first-order valence-electron chi connectivity index (χ1n) is 8.74. The second kappa shape index (κ2) is 7.02. The SMILES string of the molecule is CCOC(=O)c1c(C)[nH]c2c(=O)n(C)cc(C#C[C@@](C)(O)c3cc(C)no3)c12. The van der Waals surface area contributed by atoms with Crippen LogP contribution in [0.2, 0.25) is 0 Å². The van der Waals surface area contributed by atoms with Gasteiger partial charge in [-0.1, -0.05) is 17.0 Å². The third kappa shape index (κ3) is 3.32. The minimum atomic E-state index is -1.60. The number of nitrogens with one attached hydrogen (secondary N) is 1. The molecule has 0 fully saturated rings. The lowest BCUT2D eigenvalue weighted by Crippen LogP contribution is -2.19. The Hall–Kier alpha value is -3.31. The third-order valence-corrected chi connectivity index (χ3v) is 4.34. The Morgan fingerprint density at radius 3 is 2.79 bits per heavy atom. The summed E-state index contributed by atoms with van der Waals surface area (Å²) < 4.78 is 11.6. The van der Waals surface area contributed by atoms with Gasteiger partial charge in [-0.3, -0.25) is 4.79 Å². The lowest BCUT2D eigenvalue weighted by molar-refractivity contribution is 0.0528. The number of aromatic amines is 1. The zero-order valence-electron chi connectivity index (χ0n) is 16.3. The van der Waals surface area contributed by atoms with Gasteiger partial charge < -0.3 is 23.9 Å². The van der Waals surface area contributed by atoms with Crippen LogP contribution in [-0.2, 0) is 17.4 Å². The molecule has 28 heavy (non-hydrogen) atoms. The molecule has 8 heteroatoms. The van der Waals surface area contributed by atoms with Crippen LogP contribution >= 0.6 is 0 Å². The number of carbonyl (C=O) groups is 1. The minimum Gasteiger partial charge on any atom is -0.462 e. The van der Waals surface area contributed by atoms with Crippen LogP contribution in [0.1, 0.15) is 46.9 Å². The summed E-state index contributed by atoms with van der Waals surface area (Å²) >= 11 is 0. The monoisotopic (exact) mass is 383 g/mol. The largest absolute Gasteiger partial charge is 0.462 e. The summed E-state index contributed by atoms with van der Waals surface area (Å²) in [5, 5.41) is 14.8. The molecule has 146 valence electrons. The predicted octanol–water partition coefficient (Wildman–Crippen LogP) is 1.91. The van der Waals surface area contributed by atoms with Gasteiger partial charge in [0.05, 0.1) is 23.4 Å². The highest BCUT2D eigenvalue weighted by Gasteiger charge is 2.26. The summed E-state index contributed by atoms with van der Waals surface area (Å²) in [5.41, 5.74) is 0.152. The van der Waals surface area contributed by atoms with Crippen molar-refractivity contribution < 1.29 is 19.2 Å². The standard InChI is InChI=1S/C20H21N3O5/c1-6-27-19(25)15-12(3)21-17-16(15)13(10-23(5)18(17)24)7-8-20(4,26)14-9-11(2)22-28-14/h9-10,21,26H,6H2,1-5H3/t20-/m1/s1. The molecule has 0 aromatic carbocycles. The molecule has 8 nitrogen and oxygen atoms in total. The molecule has 0 aliphatic rings. The molecule has 0 saturated carbocycles. The summed E-state index contributed by atoms with van der Waals surface area (Å²) in [7, 11) is 1.59. The molecule has 0 unspecified atom stereocenters. The van der Waals surface area contributed by atoms with Crippen molar-refractivity contribution in [3.05, 3.63) is 50.9 Å². The number of aromatic nitrogens is 3. The fourth-order valence-electron chi connectivity index (χ4n) is 2.94. The van der Waals surface area contributed by atoms with Crippen molar-refractivity contribution in [2.24, 2.45) is 7.05 Å². The quantitative estimate of drug-likeness (QED) is 0.528. The van der Waals surface area contributed by atoms with Gasteiger partial charge >= 0.3 is 5.97 Å². The van der Waals surface area contributed by atoms with Crippen molar-refractivity contribution in [3.8, 4) is 11.8 Å². The number of hydrogen-bond donors (Lipinski definition) is 2.